The molecule has 0 aliphatic carbocycles. The number of anilines is 1. The van der Waals surface area contributed by atoms with Gasteiger partial charge >= 0.3 is 6.03 Å². The minimum Gasteiger partial charge on any atom is -0.454 e. The monoisotopic (exact) mass is 361 g/mol. The zero-order valence-corrected chi connectivity index (χ0v) is 15.1. The van der Waals surface area contributed by atoms with E-state index in [0.29, 0.717) is 11.5 Å². The second kappa shape index (κ2) is 5.87. The summed E-state index contributed by atoms with van der Waals surface area (Å²) in [5.41, 5.74) is 3.68. The largest absolute Gasteiger partial charge is 0.454 e. The number of aromatic nitrogens is 1. The highest BCUT2D eigenvalue weighted by Gasteiger charge is 2.35. The SMILES string of the molecule is CC(C)N1C(=O)NC(c2cnc3ccccc3c2)c2cc3c(cc21)OCO3. The Morgan fingerprint density at radius 3 is 2.74 bits per heavy atom. The third-order valence-electron chi connectivity index (χ3n) is 5.04. The standard InChI is InChI=1S/C21H19N3O3/c1-12(2)24-17-9-19-18(26-11-27-19)8-15(17)20(23-21(24)25)14-7-13-5-3-4-6-16(13)22-10-14/h3-10,12,20H,11H2,1-2H3,(H,23,25). The fraction of sp³-hybridized carbons (Fsp3) is 0.238. The number of urea groups is 1. The number of para-hydroxylation sites is 1. The summed E-state index contributed by atoms with van der Waals surface area (Å²) >= 11 is 0. The topological polar surface area (TPSA) is 63.7 Å². The molecule has 0 saturated carbocycles. The van der Waals surface area contributed by atoms with E-state index in [4.69, 9.17) is 9.47 Å². The Labute approximate surface area is 156 Å². The van der Waals surface area contributed by atoms with E-state index in [9.17, 15) is 4.79 Å². The Kier molecular flexibility index (Phi) is 3.47. The normalized spacial score (nSPS) is 18.0. The van der Waals surface area contributed by atoms with Crippen LogP contribution in [0.4, 0.5) is 10.5 Å². The molecule has 136 valence electrons. The molecule has 2 aliphatic rings. The Hall–Kier alpha value is -3.28. The number of ether oxygens (including phenoxy) is 2. The van der Waals surface area contributed by atoms with Crippen molar-refractivity contribution >= 4 is 22.6 Å². The summed E-state index contributed by atoms with van der Waals surface area (Å²) < 4.78 is 11.1. The van der Waals surface area contributed by atoms with Crippen LogP contribution in [0, 0.1) is 0 Å². The third-order valence-corrected chi connectivity index (χ3v) is 5.04. The average Bonchev–Trinajstić information content (AvgIpc) is 3.12. The molecule has 27 heavy (non-hydrogen) atoms. The number of nitrogens with one attached hydrogen (secondary N) is 1. The second-order valence-electron chi connectivity index (χ2n) is 7.07. The first-order valence-corrected chi connectivity index (χ1v) is 9.00. The number of amides is 2. The van der Waals surface area contributed by atoms with Gasteiger partial charge in [0.05, 0.1) is 17.2 Å². The average molecular weight is 361 g/mol. The van der Waals surface area contributed by atoms with Gasteiger partial charge in [0, 0.05) is 29.3 Å². The minimum atomic E-state index is -0.297. The molecular weight excluding hydrogens is 342 g/mol. The van der Waals surface area contributed by atoms with E-state index in [1.165, 1.54) is 0 Å². The van der Waals surface area contributed by atoms with Gasteiger partial charge in [-0.25, -0.2) is 4.79 Å². The lowest BCUT2D eigenvalue weighted by atomic mass is 9.94. The van der Waals surface area contributed by atoms with E-state index in [-0.39, 0.29) is 24.9 Å². The van der Waals surface area contributed by atoms with Gasteiger partial charge in [-0.3, -0.25) is 9.88 Å². The summed E-state index contributed by atoms with van der Waals surface area (Å²) in [6.07, 6.45) is 1.83. The first-order chi connectivity index (χ1) is 13.1. The van der Waals surface area contributed by atoms with Crippen LogP contribution in [0.2, 0.25) is 0 Å². The lowest BCUT2D eigenvalue weighted by Crippen LogP contribution is -2.50. The molecule has 0 bridgehead atoms. The van der Waals surface area contributed by atoms with Gasteiger partial charge in [0.15, 0.2) is 11.5 Å². The number of pyridine rings is 1. The van der Waals surface area contributed by atoms with Crippen LogP contribution in [0.5, 0.6) is 11.5 Å². The maximum atomic E-state index is 12.9. The predicted octanol–water partition coefficient (Wildman–Crippen LogP) is 3.99. The van der Waals surface area contributed by atoms with E-state index < -0.39 is 0 Å². The number of benzene rings is 2. The van der Waals surface area contributed by atoms with Crippen molar-refractivity contribution in [1.29, 1.82) is 0 Å². The molecule has 0 spiro atoms. The predicted molar refractivity (Wildman–Crippen MR) is 102 cm³/mol. The molecule has 0 radical (unpaired) electrons. The maximum absolute atomic E-state index is 12.9. The van der Waals surface area contributed by atoms with Gasteiger partial charge < -0.3 is 14.8 Å². The molecule has 2 aliphatic heterocycles. The van der Waals surface area contributed by atoms with Gasteiger partial charge in [0.1, 0.15) is 0 Å². The maximum Gasteiger partial charge on any atom is 0.322 e. The molecule has 3 aromatic rings. The van der Waals surface area contributed by atoms with Gasteiger partial charge in [-0.05, 0) is 37.6 Å². The fourth-order valence-electron chi connectivity index (χ4n) is 3.79. The lowest BCUT2D eigenvalue weighted by Gasteiger charge is -2.37. The highest BCUT2D eigenvalue weighted by molar-refractivity contribution is 5.97. The van der Waals surface area contributed by atoms with Crippen LogP contribution in [-0.2, 0) is 0 Å². The summed E-state index contributed by atoms with van der Waals surface area (Å²) in [7, 11) is 0. The van der Waals surface area contributed by atoms with Crippen molar-refractivity contribution in [3.63, 3.8) is 0 Å². The molecule has 5 rings (SSSR count). The first kappa shape index (κ1) is 15.9. The number of carbonyl (C=O) groups excluding carboxylic acids is 1. The Morgan fingerprint density at radius 2 is 1.93 bits per heavy atom. The second-order valence-corrected chi connectivity index (χ2v) is 7.07. The number of carbonyl (C=O) groups is 1. The van der Waals surface area contributed by atoms with Crippen LogP contribution < -0.4 is 19.7 Å². The van der Waals surface area contributed by atoms with Crippen molar-refractivity contribution in [3.05, 3.63) is 59.8 Å². The molecule has 1 N–H and O–H groups in total. The number of nitrogens with zero attached hydrogens (tertiary/aromatic N) is 2. The molecule has 0 saturated heterocycles. The fourth-order valence-corrected chi connectivity index (χ4v) is 3.79. The van der Waals surface area contributed by atoms with Crippen LogP contribution in [0.1, 0.15) is 31.0 Å². The van der Waals surface area contributed by atoms with Crippen molar-refractivity contribution in [2.24, 2.45) is 0 Å². The van der Waals surface area contributed by atoms with E-state index in [0.717, 1.165) is 27.7 Å². The molecule has 2 aromatic carbocycles. The van der Waals surface area contributed by atoms with Gasteiger partial charge in [0.25, 0.3) is 0 Å². The number of hydrogen-bond donors (Lipinski definition) is 1. The molecule has 6 nitrogen and oxygen atoms in total. The Morgan fingerprint density at radius 1 is 1.15 bits per heavy atom. The number of fused-ring (bicyclic) bond motifs is 3. The van der Waals surface area contributed by atoms with Crippen molar-refractivity contribution in [1.82, 2.24) is 10.3 Å². The first-order valence-electron chi connectivity index (χ1n) is 9.00. The molecule has 2 amide bonds. The van der Waals surface area contributed by atoms with Crippen molar-refractivity contribution in [2.45, 2.75) is 25.9 Å². The summed E-state index contributed by atoms with van der Waals surface area (Å²) in [6.45, 7) is 4.18. The summed E-state index contributed by atoms with van der Waals surface area (Å²) in [4.78, 5) is 19.2. The Bertz CT molecular complexity index is 1060. The molecular formula is C21H19N3O3. The van der Waals surface area contributed by atoms with E-state index in [1.807, 2.05) is 56.4 Å². The van der Waals surface area contributed by atoms with Gasteiger partial charge in [-0.2, -0.15) is 0 Å². The van der Waals surface area contributed by atoms with Crippen LogP contribution in [0.25, 0.3) is 10.9 Å². The van der Waals surface area contributed by atoms with Crippen molar-refractivity contribution < 1.29 is 14.3 Å². The number of hydrogen-bond acceptors (Lipinski definition) is 4. The highest BCUT2D eigenvalue weighted by atomic mass is 16.7. The van der Waals surface area contributed by atoms with Gasteiger partial charge in [0.2, 0.25) is 6.79 Å². The third kappa shape index (κ3) is 2.48. The summed E-state index contributed by atoms with van der Waals surface area (Å²) in [6, 6.07) is 13.5. The number of rotatable bonds is 2. The van der Waals surface area contributed by atoms with Crippen LogP contribution in [-0.4, -0.2) is 23.8 Å². The van der Waals surface area contributed by atoms with Crippen LogP contribution in [0.3, 0.4) is 0 Å². The molecule has 1 atom stereocenters. The lowest BCUT2D eigenvalue weighted by molar-refractivity contribution is 0.174. The smallest absolute Gasteiger partial charge is 0.322 e. The van der Waals surface area contributed by atoms with Crippen molar-refractivity contribution in [2.75, 3.05) is 11.7 Å². The molecule has 3 heterocycles. The van der Waals surface area contributed by atoms with Gasteiger partial charge in [-0.1, -0.05) is 18.2 Å². The van der Waals surface area contributed by atoms with Crippen LogP contribution in [0.15, 0.2) is 48.7 Å². The highest BCUT2D eigenvalue weighted by Crippen LogP contribution is 2.44. The zero-order chi connectivity index (χ0) is 18.5. The Balaban J connectivity index is 1.69. The molecule has 0 fully saturated rings. The van der Waals surface area contributed by atoms with Crippen molar-refractivity contribution in [3.8, 4) is 11.5 Å². The molecule has 1 aromatic heterocycles. The zero-order valence-electron chi connectivity index (χ0n) is 15.1. The van der Waals surface area contributed by atoms with Crippen LogP contribution >= 0.6 is 0 Å². The van der Waals surface area contributed by atoms with Gasteiger partial charge in [-0.15, -0.1) is 0 Å². The summed E-state index contributed by atoms with van der Waals surface area (Å²) in [5.74, 6) is 1.37. The summed E-state index contributed by atoms with van der Waals surface area (Å²) in [5, 5.41) is 4.17. The van der Waals surface area contributed by atoms with E-state index in [2.05, 4.69) is 16.4 Å². The van der Waals surface area contributed by atoms with E-state index >= 15 is 0 Å². The molecule has 6 heteroatoms. The quantitative estimate of drug-likeness (QED) is 0.750. The van der Waals surface area contributed by atoms with E-state index in [1.54, 1.807) is 4.90 Å². The molecule has 1 unspecified atom stereocenters. The minimum absolute atomic E-state index is 0.0137.